The van der Waals surface area contributed by atoms with E-state index in [1.807, 2.05) is 6.92 Å². The van der Waals surface area contributed by atoms with Crippen LogP contribution in [0.4, 0.5) is 5.82 Å². The van der Waals surface area contributed by atoms with E-state index in [0.29, 0.717) is 13.0 Å². The molecule has 0 aliphatic carbocycles. The predicted molar refractivity (Wildman–Crippen MR) is 85.3 cm³/mol. The van der Waals surface area contributed by atoms with Crippen molar-refractivity contribution in [3.05, 3.63) is 17.1 Å². The molecule has 1 aromatic heterocycles. The molecule has 3 heterocycles. The number of aliphatic hydroxyl groups is 1. The zero-order chi connectivity index (χ0) is 15.5. The lowest BCUT2D eigenvalue weighted by molar-refractivity contribution is 0.0244. The Balaban J connectivity index is 1.88. The molecule has 1 fully saturated rings. The molecule has 0 saturated carbocycles. The summed E-state index contributed by atoms with van der Waals surface area (Å²) in [5.41, 5.74) is 2.51. The number of ether oxygens (including phenoxy) is 1. The summed E-state index contributed by atoms with van der Waals surface area (Å²) >= 11 is 0. The third-order valence-corrected chi connectivity index (χ3v) is 4.55. The van der Waals surface area contributed by atoms with Gasteiger partial charge in [0.05, 0.1) is 18.4 Å². The van der Waals surface area contributed by atoms with Gasteiger partial charge in [-0.2, -0.15) is 0 Å². The van der Waals surface area contributed by atoms with Crippen molar-refractivity contribution in [1.82, 2.24) is 14.9 Å². The Labute approximate surface area is 132 Å². The van der Waals surface area contributed by atoms with Gasteiger partial charge in [-0.3, -0.25) is 0 Å². The number of morpholine rings is 1. The van der Waals surface area contributed by atoms with E-state index in [9.17, 15) is 0 Å². The Hall–Kier alpha value is -1.24. The molecule has 1 aromatic rings. The average molecular weight is 306 g/mol. The molecule has 2 aliphatic rings. The van der Waals surface area contributed by atoms with Gasteiger partial charge in [-0.1, -0.05) is 0 Å². The first-order valence-electron chi connectivity index (χ1n) is 8.19. The van der Waals surface area contributed by atoms with E-state index in [-0.39, 0.29) is 12.7 Å². The predicted octanol–water partition coefficient (Wildman–Crippen LogP) is 0.403. The Morgan fingerprint density at radius 1 is 1.23 bits per heavy atom. The van der Waals surface area contributed by atoms with E-state index < -0.39 is 0 Å². The number of aromatic nitrogens is 2. The SMILES string of the molecule is Cc1nc2c(c(N3CCOC(CCO)C3)n1)CCN(C)CC2. The van der Waals surface area contributed by atoms with Gasteiger partial charge in [-0.05, 0) is 26.8 Å². The summed E-state index contributed by atoms with van der Waals surface area (Å²) in [5.74, 6) is 1.94. The van der Waals surface area contributed by atoms with Crippen molar-refractivity contribution in [2.75, 3.05) is 51.3 Å². The zero-order valence-corrected chi connectivity index (χ0v) is 13.6. The second kappa shape index (κ2) is 6.89. The van der Waals surface area contributed by atoms with Crippen LogP contribution in [-0.2, 0) is 17.6 Å². The van der Waals surface area contributed by atoms with Crippen LogP contribution in [0.3, 0.4) is 0 Å². The van der Waals surface area contributed by atoms with Gasteiger partial charge in [0.15, 0.2) is 0 Å². The molecule has 1 saturated heterocycles. The van der Waals surface area contributed by atoms with Gasteiger partial charge in [0, 0.05) is 44.8 Å². The smallest absolute Gasteiger partial charge is 0.135 e. The summed E-state index contributed by atoms with van der Waals surface area (Å²) < 4.78 is 5.73. The van der Waals surface area contributed by atoms with E-state index in [2.05, 4.69) is 21.8 Å². The topological polar surface area (TPSA) is 61.7 Å². The molecule has 0 aromatic carbocycles. The fourth-order valence-electron chi connectivity index (χ4n) is 3.30. The van der Waals surface area contributed by atoms with Crippen LogP contribution in [-0.4, -0.2) is 72.5 Å². The number of rotatable bonds is 3. The fraction of sp³-hybridized carbons (Fsp3) is 0.750. The molecule has 0 radical (unpaired) electrons. The van der Waals surface area contributed by atoms with Crippen LogP contribution >= 0.6 is 0 Å². The van der Waals surface area contributed by atoms with Crippen LogP contribution in [0.1, 0.15) is 23.5 Å². The van der Waals surface area contributed by atoms with Crippen molar-refractivity contribution in [2.45, 2.75) is 32.3 Å². The lowest BCUT2D eigenvalue weighted by Crippen LogP contribution is -2.44. The number of aliphatic hydroxyl groups excluding tert-OH is 1. The molecule has 1 unspecified atom stereocenters. The minimum Gasteiger partial charge on any atom is -0.396 e. The normalized spacial score (nSPS) is 23.2. The first-order chi connectivity index (χ1) is 10.7. The van der Waals surface area contributed by atoms with Gasteiger partial charge < -0.3 is 19.6 Å². The Morgan fingerprint density at radius 2 is 2.05 bits per heavy atom. The Morgan fingerprint density at radius 3 is 2.86 bits per heavy atom. The fourth-order valence-corrected chi connectivity index (χ4v) is 3.30. The van der Waals surface area contributed by atoms with Crippen LogP contribution in [0.15, 0.2) is 0 Å². The van der Waals surface area contributed by atoms with E-state index in [1.54, 1.807) is 0 Å². The van der Waals surface area contributed by atoms with Crippen LogP contribution in [0.2, 0.25) is 0 Å². The second-order valence-electron chi connectivity index (χ2n) is 6.27. The minimum absolute atomic E-state index is 0.0955. The summed E-state index contributed by atoms with van der Waals surface area (Å²) in [6, 6.07) is 0. The molecular formula is C16H26N4O2. The largest absolute Gasteiger partial charge is 0.396 e. The van der Waals surface area contributed by atoms with Gasteiger partial charge in [-0.15, -0.1) is 0 Å². The monoisotopic (exact) mass is 306 g/mol. The summed E-state index contributed by atoms with van der Waals surface area (Å²) in [4.78, 5) is 14.1. The summed E-state index contributed by atoms with van der Waals surface area (Å²) in [6.07, 6.45) is 2.78. The Kier molecular flexibility index (Phi) is 4.90. The van der Waals surface area contributed by atoms with Crippen LogP contribution in [0.5, 0.6) is 0 Å². The van der Waals surface area contributed by atoms with Crippen molar-refractivity contribution >= 4 is 5.82 Å². The number of hydrogen-bond donors (Lipinski definition) is 1. The molecule has 0 amide bonds. The maximum Gasteiger partial charge on any atom is 0.135 e. The third-order valence-electron chi connectivity index (χ3n) is 4.55. The van der Waals surface area contributed by atoms with Crippen LogP contribution < -0.4 is 4.90 Å². The summed E-state index contributed by atoms with van der Waals surface area (Å²) in [5, 5.41) is 9.15. The number of fused-ring (bicyclic) bond motifs is 1. The zero-order valence-electron chi connectivity index (χ0n) is 13.6. The van der Waals surface area contributed by atoms with Gasteiger partial charge in [0.25, 0.3) is 0 Å². The molecule has 2 aliphatic heterocycles. The second-order valence-corrected chi connectivity index (χ2v) is 6.27. The highest BCUT2D eigenvalue weighted by Crippen LogP contribution is 2.26. The number of anilines is 1. The van der Waals surface area contributed by atoms with E-state index in [0.717, 1.165) is 50.7 Å². The van der Waals surface area contributed by atoms with Crippen molar-refractivity contribution in [2.24, 2.45) is 0 Å². The Bertz CT molecular complexity index is 521. The molecular weight excluding hydrogens is 280 g/mol. The third kappa shape index (κ3) is 3.39. The van der Waals surface area contributed by atoms with E-state index >= 15 is 0 Å². The van der Waals surface area contributed by atoms with Gasteiger partial charge in [0.1, 0.15) is 11.6 Å². The molecule has 22 heavy (non-hydrogen) atoms. The molecule has 6 heteroatoms. The molecule has 3 rings (SSSR count). The molecule has 1 atom stereocenters. The number of likely N-dealkylation sites (N-methyl/N-ethyl adjacent to an activating group) is 1. The molecule has 0 bridgehead atoms. The quantitative estimate of drug-likeness (QED) is 0.872. The highest BCUT2D eigenvalue weighted by atomic mass is 16.5. The first-order valence-corrected chi connectivity index (χ1v) is 8.19. The van der Waals surface area contributed by atoms with Gasteiger partial charge in [-0.25, -0.2) is 9.97 Å². The number of nitrogens with zero attached hydrogens (tertiary/aromatic N) is 4. The van der Waals surface area contributed by atoms with Crippen molar-refractivity contribution < 1.29 is 9.84 Å². The maximum atomic E-state index is 9.15. The van der Waals surface area contributed by atoms with Gasteiger partial charge in [0.2, 0.25) is 0 Å². The maximum absolute atomic E-state index is 9.15. The van der Waals surface area contributed by atoms with Crippen molar-refractivity contribution in [1.29, 1.82) is 0 Å². The van der Waals surface area contributed by atoms with Crippen LogP contribution in [0, 0.1) is 6.92 Å². The lowest BCUT2D eigenvalue weighted by atomic mass is 10.1. The lowest BCUT2D eigenvalue weighted by Gasteiger charge is -2.35. The molecule has 1 N–H and O–H groups in total. The van der Waals surface area contributed by atoms with Crippen molar-refractivity contribution in [3.63, 3.8) is 0 Å². The molecule has 6 nitrogen and oxygen atoms in total. The van der Waals surface area contributed by atoms with E-state index in [1.165, 1.54) is 11.3 Å². The highest BCUT2D eigenvalue weighted by Gasteiger charge is 2.26. The van der Waals surface area contributed by atoms with Crippen LogP contribution in [0.25, 0.3) is 0 Å². The summed E-state index contributed by atoms with van der Waals surface area (Å²) in [7, 11) is 2.16. The van der Waals surface area contributed by atoms with E-state index in [4.69, 9.17) is 14.8 Å². The average Bonchev–Trinajstić information content (AvgIpc) is 2.69. The number of aryl methyl sites for hydroxylation is 1. The van der Waals surface area contributed by atoms with Crippen molar-refractivity contribution in [3.8, 4) is 0 Å². The molecule has 122 valence electrons. The number of hydrogen-bond acceptors (Lipinski definition) is 6. The first kappa shape index (κ1) is 15.6. The summed E-state index contributed by atoms with van der Waals surface area (Å²) in [6.45, 7) is 6.62. The van der Waals surface area contributed by atoms with Gasteiger partial charge >= 0.3 is 0 Å². The minimum atomic E-state index is 0.0955. The standard InChI is InChI=1S/C16H26N4O2/c1-12-17-15-4-7-19(2)6-3-14(15)16(18-12)20-8-10-22-13(11-20)5-9-21/h13,21H,3-11H2,1-2H3. The highest BCUT2D eigenvalue weighted by molar-refractivity contribution is 5.50. The molecule has 0 spiro atoms.